The molecule has 0 aromatic carbocycles. The quantitative estimate of drug-likeness (QED) is 0.781. The van der Waals surface area contributed by atoms with E-state index < -0.39 is 9.84 Å². The van der Waals surface area contributed by atoms with Gasteiger partial charge < -0.3 is 4.57 Å². The molecule has 0 saturated heterocycles. The monoisotopic (exact) mass is 385 g/mol. The number of sulfone groups is 1. The molecule has 1 aliphatic carbocycles. The molecule has 0 bridgehead atoms. The topological polar surface area (TPSA) is 64.8 Å². The van der Waals surface area contributed by atoms with Crippen LogP contribution in [0.3, 0.4) is 0 Å². The van der Waals surface area contributed by atoms with Crippen molar-refractivity contribution in [2.75, 3.05) is 5.75 Å². The van der Waals surface area contributed by atoms with E-state index in [1.807, 2.05) is 0 Å². The van der Waals surface area contributed by atoms with Gasteiger partial charge in [0, 0.05) is 13.2 Å². The van der Waals surface area contributed by atoms with Crippen LogP contribution in [0.15, 0.2) is 27.8 Å². The highest BCUT2D eigenvalue weighted by atomic mass is 35.5. The minimum Gasteiger partial charge on any atom is -0.326 e. The average molecular weight is 386 g/mol. The molecule has 8 heteroatoms. The molecule has 2 heterocycles. The van der Waals surface area contributed by atoms with E-state index in [-0.39, 0.29) is 15.1 Å². The molecular formula is C16H17Cl2N3O2S. The van der Waals surface area contributed by atoms with Gasteiger partial charge in [0.25, 0.3) is 0 Å². The SMILES string of the molecule is CCS(=O)(=O)c1cc(C2CC2)cnc1-c1ncc(C=C(Cl)Cl)n1C. The first-order valence-corrected chi connectivity index (χ1v) is 10.0. The lowest BCUT2D eigenvalue weighted by Crippen LogP contribution is -2.09. The smallest absolute Gasteiger partial charge is 0.180 e. The Bertz CT molecular complexity index is 911. The Morgan fingerprint density at radius 2 is 2.04 bits per heavy atom. The van der Waals surface area contributed by atoms with Gasteiger partial charge in [0.2, 0.25) is 0 Å². The molecule has 128 valence electrons. The largest absolute Gasteiger partial charge is 0.326 e. The maximum atomic E-state index is 12.6. The highest BCUT2D eigenvalue weighted by Crippen LogP contribution is 2.41. The van der Waals surface area contributed by atoms with Crippen LogP contribution >= 0.6 is 23.2 Å². The number of halogens is 2. The van der Waals surface area contributed by atoms with Gasteiger partial charge in [0.15, 0.2) is 15.7 Å². The molecule has 1 aliphatic rings. The maximum absolute atomic E-state index is 12.6. The van der Waals surface area contributed by atoms with Gasteiger partial charge in [-0.1, -0.05) is 30.1 Å². The van der Waals surface area contributed by atoms with Crippen molar-refractivity contribution in [1.82, 2.24) is 14.5 Å². The van der Waals surface area contributed by atoms with E-state index in [0.29, 0.717) is 23.1 Å². The molecule has 24 heavy (non-hydrogen) atoms. The maximum Gasteiger partial charge on any atom is 0.180 e. The molecule has 2 aromatic rings. The van der Waals surface area contributed by atoms with Crippen molar-refractivity contribution < 1.29 is 8.42 Å². The second-order valence-electron chi connectivity index (χ2n) is 5.79. The van der Waals surface area contributed by atoms with Crippen LogP contribution in [0, 0.1) is 0 Å². The Hall–Kier alpha value is -1.37. The van der Waals surface area contributed by atoms with Crippen molar-refractivity contribution in [3.8, 4) is 11.5 Å². The summed E-state index contributed by atoms with van der Waals surface area (Å²) in [5, 5.41) is 0. The zero-order chi connectivity index (χ0) is 17.5. The molecule has 1 saturated carbocycles. The number of aromatic nitrogens is 3. The van der Waals surface area contributed by atoms with Crippen molar-refractivity contribution in [1.29, 1.82) is 0 Å². The predicted octanol–water partition coefficient (Wildman–Crippen LogP) is 3.93. The van der Waals surface area contributed by atoms with E-state index in [1.54, 1.807) is 43.1 Å². The Morgan fingerprint density at radius 1 is 1.33 bits per heavy atom. The summed E-state index contributed by atoms with van der Waals surface area (Å²) in [6, 6.07) is 1.75. The third-order valence-corrected chi connectivity index (χ3v) is 6.09. The van der Waals surface area contributed by atoms with Crippen LogP contribution in [-0.2, 0) is 16.9 Å². The number of hydrogen-bond acceptors (Lipinski definition) is 4. The predicted molar refractivity (Wildman–Crippen MR) is 95.8 cm³/mol. The van der Waals surface area contributed by atoms with Gasteiger partial charge in [-0.3, -0.25) is 4.98 Å². The van der Waals surface area contributed by atoms with E-state index in [4.69, 9.17) is 23.2 Å². The number of nitrogens with zero attached hydrogens (tertiary/aromatic N) is 3. The molecule has 0 aliphatic heterocycles. The summed E-state index contributed by atoms with van der Waals surface area (Å²) in [5.41, 5.74) is 2.00. The van der Waals surface area contributed by atoms with Gasteiger partial charge in [-0.15, -0.1) is 0 Å². The molecule has 0 N–H and O–H groups in total. The minimum absolute atomic E-state index is 0.0144. The van der Waals surface area contributed by atoms with Crippen LogP contribution < -0.4 is 0 Å². The molecule has 2 aromatic heterocycles. The minimum atomic E-state index is -3.42. The Labute approximate surface area is 151 Å². The Morgan fingerprint density at radius 3 is 2.62 bits per heavy atom. The summed E-state index contributed by atoms with van der Waals surface area (Å²) >= 11 is 11.4. The second kappa shape index (κ2) is 6.50. The highest BCUT2D eigenvalue weighted by molar-refractivity contribution is 7.91. The summed E-state index contributed by atoms with van der Waals surface area (Å²) in [7, 11) is -1.65. The third-order valence-electron chi connectivity index (χ3n) is 4.13. The standard InChI is InChI=1S/C16H17Cl2N3O2S/c1-3-24(22,23)13-6-11(10-4-5-10)8-19-15(13)16-20-9-12(21(16)2)7-14(17)18/h6-10H,3-5H2,1-2H3. The molecule has 0 atom stereocenters. The van der Waals surface area contributed by atoms with Crippen LogP contribution in [-0.4, -0.2) is 28.7 Å². The Kier molecular flexibility index (Phi) is 4.73. The number of imidazole rings is 1. The first-order chi connectivity index (χ1) is 11.3. The molecule has 0 radical (unpaired) electrons. The fourth-order valence-corrected chi connectivity index (χ4v) is 3.84. The van der Waals surface area contributed by atoms with E-state index >= 15 is 0 Å². The summed E-state index contributed by atoms with van der Waals surface area (Å²) < 4.78 is 26.9. The van der Waals surface area contributed by atoms with Crippen LogP contribution in [0.5, 0.6) is 0 Å². The summed E-state index contributed by atoms with van der Waals surface area (Å²) in [4.78, 5) is 8.97. The van der Waals surface area contributed by atoms with Gasteiger partial charge in [-0.05, 0) is 36.5 Å². The van der Waals surface area contributed by atoms with Gasteiger partial charge >= 0.3 is 0 Å². The molecular weight excluding hydrogens is 369 g/mol. The second-order valence-corrected chi connectivity index (χ2v) is 9.05. The summed E-state index contributed by atoms with van der Waals surface area (Å²) in [6.45, 7) is 1.63. The van der Waals surface area contributed by atoms with E-state index in [2.05, 4.69) is 9.97 Å². The highest BCUT2D eigenvalue weighted by Gasteiger charge is 2.28. The fraction of sp³-hybridized carbons (Fsp3) is 0.375. The zero-order valence-electron chi connectivity index (χ0n) is 13.3. The van der Waals surface area contributed by atoms with Gasteiger partial charge in [0.1, 0.15) is 10.2 Å². The molecule has 0 unspecified atom stereocenters. The lowest BCUT2D eigenvalue weighted by Gasteiger charge is -2.11. The van der Waals surface area contributed by atoms with Gasteiger partial charge in [0.05, 0.1) is 22.5 Å². The van der Waals surface area contributed by atoms with Crippen molar-refractivity contribution in [2.24, 2.45) is 7.05 Å². The average Bonchev–Trinajstić information content (AvgIpc) is 3.33. The van der Waals surface area contributed by atoms with E-state index in [1.165, 1.54) is 0 Å². The molecule has 3 rings (SSSR count). The fourth-order valence-electron chi connectivity index (χ4n) is 2.55. The van der Waals surface area contributed by atoms with E-state index in [0.717, 1.165) is 18.4 Å². The number of hydrogen-bond donors (Lipinski definition) is 0. The summed E-state index contributed by atoms with van der Waals surface area (Å²) in [6.07, 6.45) is 7.04. The summed E-state index contributed by atoms with van der Waals surface area (Å²) in [5.74, 6) is 0.901. The number of pyridine rings is 1. The molecule has 5 nitrogen and oxygen atoms in total. The van der Waals surface area contributed by atoms with Crippen LogP contribution in [0.25, 0.3) is 17.6 Å². The van der Waals surface area contributed by atoms with Gasteiger partial charge in [-0.2, -0.15) is 0 Å². The lowest BCUT2D eigenvalue weighted by atomic mass is 10.2. The Balaban J connectivity index is 2.17. The van der Waals surface area contributed by atoms with Crippen molar-refractivity contribution in [3.63, 3.8) is 0 Å². The first kappa shape index (κ1) is 17.5. The molecule has 0 spiro atoms. The van der Waals surface area contributed by atoms with Crippen molar-refractivity contribution >= 4 is 39.1 Å². The number of rotatable bonds is 5. The van der Waals surface area contributed by atoms with Crippen molar-refractivity contribution in [2.45, 2.75) is 30.6 Å². The third kappa shape index (κ3) is 3.36. The molecule has 1 fully saturated rings. The zero-order valence-corrected chi connectivity index (χ0v) is 15.7. The first-order valence-electron chi connectivity index (χ1n) is 7.61. The van der Waals surface area contributed by atoms with Gasteiger partial charge in [-0.25, -0.2) is 13.4 Å². The normalized spacial score (nSPS) is 14.7. The van der Waals surface area contributed by atoms with E-state index in [9.17, 15) is 8.42 Å². The van der Waals surface area contributed by atoms with Crippen molar-refractivity contribution in [3.05, 3.63) is 34.2 Å². The molecule has 0 amide bonds. The lowest BCUT2D eigenvalue weighted by molar-refractivity contribution is 0.597. The van der Waals surface area contributed by atoms with Crippen LogP contribution in [0.1, 0.15) is 36.9 Å². The van der Waals surface area contributed by atoms with Crippen LogP contribution in [0.2, 0.25) is 0 Å². The van der Waals surface area contributed by atoms with Crippen LogP contribution in [0.4, 0.5) is 0 Å².